The van der Waals surface area contributed by atoms with Crippen molar-refractivity contribution < 1.29 is 32.6 Å². The fraction of sp³-hybridized carbons (Fsp3) is 0.0526. The van der Waals surface area contributed by atoms with Gasteiger partial charge >= 0.3 is 300 Å². The molecular formula is C38H36N3O7P3. The van der Waals surface area contributed by atoms with Crippen LogP contribution in [0, 0.1) is 0 Å². The summed E-state index contributed by atoms with van der Waals surface area (Å²) in [5, 5.41) is 10.7. The van der Waals surface area contributed by atoms with Gasteiger partial charge in [-0.1, -0.05) is 0 Å². The van der Waals surface area contributed by atoms with Gasteiger partial charge in [-0.05, 0) is 0 Å². The number of nitrogens with zero attached hydrogens (tertiary/aromatic N) is 3. The molecule has 0 bridgehead atoms. The molecule has 0 fully saturated rings. The molecule has 1 atom stereocenters. The average Bonchev–Trinajstić information content (AvgIpc) is 3.17. The predicted octanol–water partition coefficient (Wildman–Crippen LogP) is 10.6. The van der Waals surface area contributed by atoms with E-state index in [4.69, 9.17) is 32.0 Å². The standard InChI is InChI=1S/C38H36N3O7P3/c42-32-31-40-49-39-50(44-34-21-9-2-10-22-34,45-35-23-11-3-12-24-35)41(43-33-19-7-1-8-20-33)51(40,46-36-25-13-4-14-26-36,47-37-27-15-5-16-28-37)48-38-29-17-6-18-30-38/h1-30,42,49H,31-32H2. The van der Waals surface area contributed by atoms with Gasteiger partial charge in [0.1, 0.15) is 0 Å². The molecule has 51 heavy (non-hydrogen) atoms. The van der Waals surface area contributed by atoms with Gasteiger partial charge in [0.2, 0.25) is 0 Å². The zero-order valence-corrected chi connectivity index (χ0v) is 30.2. The zero-order chi connectivity index (χ0) is 34.9. The van der Waals surface area contributed by atoms with Gasteiger partial charge < -0.3 is 0 Å². The van der Waals surface area contributed by atoms with Gasteiger partial charge in [0.15, 0.2) is 0 Å². The monoisotopic (exact) mass is 739 g/mol. The van der Waals surface area contributed by atoms with Crippen LogP contribution in [-0.2, 0) is 0 Å². The van der Waals surface area contributed by atoms with E-state index in [2.05, 4.69) is 0 Å². The maximum absolute atomic E-state index is 10.7. The number of β-amino-alcohol motifs (C(OH)–C–C–N with tert-alkyl or cyclic N) is 1. The van der Waals surface area contributed by atoms with Crippen molar-refractivity contribution in [3.63, 3.8) is 0 Å². The summed E-state index contributed by atoms with van der Waals surface area (Å²) >= 11 is 0. The third kappa shape index (κ3) is 7.44. The second-order valence-corrected chi connectivity index (χ2v) is 18.0. The van der Waals surface area contributed by atoms with E-state index in [1.165, 1.54) is 4.60 Å². The summed E-state index contributed by atoms with van der Waals surface area (Å²) in [5.74, 6) is 2.52. The van der Waals surface area contributed by atoms with E-state index in [1.54, 1.807) is 53.0 Å². The Labute approximate surface area is 299 Å². The van der Waals surface area contributed by atoms with Crippen LogP contribution in [0.15, 0.2) is 187 Å². The Morgan fingerprint density at radius 2 is 0.824 bits per heavy atom. The predicted molar refractivity (Wildman–Crippen MR) is 203 cm³/mol. The Hall–Kier alpha value is -4.91. The zero-order valence-electron chi connectivity index (χ0n) is 27.4. The number of para-hydroxylation sites is 6. The molecule has 0 saturated heterocycles. The molecule has 1 heterocycles. The Bertz CT molecular complexity index is 1890. The first-order valence-corrected chi connectivity index (χ1v) is 20.5. The van der Waals surface area contributed by atoms with E-state index in [9.17, 15) is 5.11 Å². The second kappa shape index (κ2) is 15.5. The van der Waals surface area contributed by atoms with Crippen molar-refractivity contribution in [3.8, 4) is 34.5 Å². The van der Waals surface area contributed by atoms with Crippen molar-refractivity contribution in [1.29, 1.82) is 0 Å². The third-order valence-electron chi connectivity index (χ3n) is 7.38. The number of aliphatic hydroxyl groups is 1. The van der Waals surface area contributed by atoms with Crippen LogP contribution in [0.3, 0.4) is 0 Å². The molecule has 7 rings (SSSR count). The van der Waals surface area contributed by atoms with Crippen molar-refractivity contribution >= 4 is 24.1 Å². The summed E-state index contributed by atoms with van der Waals surface area (Å²) in [4.78, 5) is 7.03. The molecule has 1 N–H and O–H groups in total. The summed E-state index contributed by atoms with van der Waals surface area (Å²) in [6.45, 7) is -0.282. The van der Waals surface area contributed by atoms with Crippen molar-refractivity contribution in [1.82, 2.24) is 9.05 Å². The van der Waals surface area contributed by atoms with E-state index in [1.807, 2.05) is 133 Å². The molecule has 6 aromatic rings. The molecule has 1 aliphatic rings. The Morgan fingerprint density at radius 1 is 0.490 bits per heavy atom. The summed E-state index contributed by atoms with van der Waals surface area (Å²) in [7, 11) is -9.83. The first kappa shape index (κ1) is 34.5. The normalized spacial score (nSPS) is 17.5. The van der Waals surface area contributed by atoms with E-state index < -0.39 is 24.1 Å². The van der Waals surface area contributed by atoms with Crippen LogP contribution in [0.1, 0.15) is 0 Å². The first-order chi connectivity index (χ1) is 25.1. The van der Waals surface area contributed by atoms with Gasteiger partial charge in [0, 0.05) is 0 Å². The van der Waals surface area contributed by atoms with E-state index >= 15 is 0 Å². The van der Waals surface area contributed by atoms with Crippen LogP contribution in [0.5, 0.6) is 34.5 Å². The Kier molecular flexibility index (Phi) is 10.5. The SMILES string of the molecule is OCCN1PN=P(Oc2ccccc2)(Oc2ccccc2)N(Oc2ccccc2)P1(Oc1ccccc1)(Oc1ccccc1)Oc1ccccc1. The van der Waals surface area contributed by atoms with Crippen LogP contribution in [0.2, 0.25) is 0 Å². The van der Waals surface area contributed by atoms with Crippen LogP contribution < -0.4 is 27.5 Å². The van der Waals surface area contributed by atoms with Gasteiger partial charge in [-0.2, -0.15) is 0 Å². The van der Waals surface area contributed by atoms with Crippen molar-refractivity contribution in [2.24, 2.45) is 4.52 Å². The molecule has 260 valence electrons. The molecule has 0 spiro atoms. The summed E-state index contributed by atoms with van der Waals surface area (Å²) in [5.41, 5.74) is 0. The van der Waals surface area contributed by atoms with Crippen LogP contribution in [-0.4, -0.2) is 27.3 Å². The van der Waals surface area contributed by atoms with Crippen molar-refractivity contribution in [2.75, 3.05) is 13.2 Å². The van der Waals surface area contributed by atoms with Crippen molar-refractivity contribution in [2.45, 2.75) is 0 Å². The van der Waals surface area contributed by atoms with Crippen molar-refractivity contribution in [3.05, 3.63) is 182 Å². The first-order valence-electron chi connectivity index (χ1n) is 16.2. The Balaban J connectivity index is 1.60. The number of hydrogen-bond donors (Lipinski definition) is 1. The molecule has 10 nitrogen and oxygen atoms in total. The molecular weight excluding hydrogens is 703 g/mol. The number of aliphatic hydroxyl groups excluding tert-OH is 1. The van der Waals surface area contributed by atoms with E-state index in [0.29, 0.717) is 34.5 Å². The molecule has 1 aliphatic heterocycles. The third-order valence-corrected chi connectivity index (χ3v) is 16.7. The average molecular weight is 740 g/mol. The molecule has 0 radical (unpaired) electrons. The number of hydrogen-bond acceptors (Lipinski definition) is 10. The van der Waals surface area contributed by atoms with E-state index in [-0.39, 0.29) is 13.2 Å². The number of rotatable bonds is 14. The topological polar surface area (TPSA) is 94.5 Å². The summed E-state index contributed by atoms with van der Waals surface area (Å²) in [6, 6.07) is 55.3. The molecule has 13 heteroatoms. The Morgan fingerprint density at radius 3 is 1.18 bits per heavy atom. The minimum absolute atomic E-state index is 0.0115. The molecule has 0 saturated carbocycles. The van der Waals surface area contributed by atoms with E-state index in [0.717, 1.165) is 0 Å². The van der Waals surface area contributed by atoms with Gasteiger partial charge in [-0.25, -0.2) is 0 Å². The van der Waals surface area contributed by atoms with Gasteiger partial charge in [0.05, 0.1) is 0 Å². The van der Waals surface area contributed by atoms with Crippen LogP contribution >= 0.6 is 24.1 Å². The molecule has 0 aromatic heterocycles. The summed E-state index contributed by atoms with van der Waals surface area (Å²) < 4.78 is 44.4. The van der Waals surface area contributed by atoms with Gasteiger partial charge in [0.25, 0.3) is 0 Å². The quantitative estimate of drug-likeness (QED) is 0.110. The van der Waals surface area contributed by atoms with Gasteiger partial charge in [-0.3, -0.25) is 0 Å². The fourth-order valence-electron chi connectivity index (χ4n) is 5.17. The molecule has 6 aromatic carbocycles. The number of benzene rings is 6. The maximum atomic E-state index is 10.7. The summed E-state index contributed by atoms with van der Waals surface area (Å²) in [6.07, 6.45) is 0. The van der Waals surface area contributed by atoms with Gasteiger partial charge in [-0.15, -0.1) is 0 Å². The molecule has 0 aliphatic carbocycles. The molecule has 0 amide bonds. The second-order valence-electron chi connectivity index (χ2n) is 11.0. The van der Waals surface area contributed by atoms with Crippen LogP contribution in [0.4, 0.5) is 0 Å². The fourth-order valence-corrected chi connectivity index (χ4v) is 15.4. The minimum atomic E-state index is -5.41. The molecule has 1 unspecified atom stereocenters. The van der Waals surface area contributed by atoms with Crippen LogP contribution in [0.25, 0.3) is 0 Å².